The van der Waals surface area contributed by atoms with Crippen LogP contribution in [-0.2, 0) is 12.8 Å². The molecule has 1 aliphatic rings. The Morgan fingerprint density at radius 2 is 2.42 bits per heavy atom. The third kappa shape index (κ3) is 1.19. The van der Waals surface area contributed by atoms with Crippen molar-refractivity contribution in [2.24, 2.45) is 0 Å². The Hall–Kier alpha value is -0.990. The molecule has 1 heterocycles. The van der Waals surface area contributed by atoms with Gasteiger partial charge in [-0.25, -0.2) is 0 Å². The fourth-order valence-electron chi connectivity index (χ4n) is 1.61. The third-order valence-corrected chi connectivity index (χ3v) is 2.24. The smallest absolute Gasteiger partial charge is 0.172 e. The van der Waals surface area contributed by atoms with E-state index < -0.39 is 0 Å². The molecule has 0 aromatic carbocycles. The van der Waals surface area contributed by atoms with E-state index in [0.29, 0.717) is 0 Å². The van der Waals surface area contributed by atoms with E-state index in [4.69, 9.17) is 4.52 Å². The van der Waals surface area contributed by atoms with Gasteiger partial charge < -0.3 is 9.84 Å². The molecule has 1 aromatic rings. The zero-order valence-corrected chi connectivity index (χ0v) is 7.39. The standard InChI is InChI=1S/C9H14N2O/c1-2-6-10-9-7-4-3-5-8(7)12-11-9/h2-6H2,1H3,(H,10,11). The first-order valence-corrected chi connectivity index (χ1v) is 4.63. The molecule has 0 amide bonds. The predicted molar refractivity (Wildman–Crippen MR) is 47.3 cm³/mol. The van der Waals surface area contributed by atoms with Gasteiger partial charge in [0.15, 0.2) is 5.82 Å². The lowest BCUT2D eigenvalue weighted by Crippen LogP contribution is -2.01. The summed E-state index contributed by atoms with van der Waals surface area (Å²) in [5, 5.41) is 7.26. The summed E-state index contributed by atoms with van der Waals surface area (Å²) >= 11 is 0. The summed E-state index contributed by atoms with van der Waals surface area (Å²) in [4.78, 5) is 0. The maximum Gasteiger partial charge on any atom is 0.172 e. The van der Waals surface area contributed by atoms with Crippen molar-refractivity contribution in [3.63, 3.8) is 0 Å². The first kappa shape index (κ1) is 7.65. The average molecular weight is 166 g/mol. The van der Waals surface area contributed by atoms with Gasteiger partial charge in [-0.3, -0.25) is 0 Å². The van der Waals surface area contributed by atoms with E-state index >= 15 is 0 Å². The van der Waals surface area contributed by atoms with Crippen LogP contribution in [0, 0.1) is 0 Å². The molecule has 1 aliphatic carbocycles. The van der Waals surface area contributed by atoms with Crippen LogP contribution in [0.15, 0.2) is 4.52 Å². The monoisotopic (exact) mass is 166 g/mol. The molecule has 0 aliphatic heterocycles. The summed E-state index contributed by atoms with van der Waals surface area (Å²) in [5.41, 5.74) is 1.31. The zero-order valence-electron chi connectivity index (χ0n) is 7.39. The summed E-state index contributed by atoms with van der Waals surface area (Å²) in [5.74, 6) is 2.07. The number of rotatable bonds is 3. The molecule has 3 nitrogen and oxygen atoms in total. The SMILES string of the molecule is CCCNc1noc2c1CCC2. The molecule has 0 fully saturated rings. The highest BCUT2D eigenvalue weighted by atomic mass is 16.5. The average Bonchev–Trinajstić information content (AvgIpc) is 2.62. The van der Waals surface area contributed by atoms with Gasteiger partial charge in [0.25, 0.3) is 0 Å². The Morgan fingerprint density at radius 1 is 1.50 bits per heavy atom. The van der Waals surface area contributed by atoms with Crippen LogP contribution in [0.4, 0.5) is 5.82 Å². The van der Waals surface area contributed by atoms with Gasteiger partial charge in [0.1, 0.15) is 5.76 Å². The van der Waals surface area contributed by atoms with E-state index in [1.165, 1.54) is 12.0 Å². The molecule has 0 bridgehead atoms. The van der Waals surface area contributed by atoms with Gasteiger partial charge in [-0.05, 0) is 19.3 Å². The second kappa shape index (κ2) is 3.17. The second-order valence-electron chi connectivity index (χ2n) is 3.21. The van der Waals surface area contributed by atoms with E-state index in [1.807, 2.05) is 0 Å². The molecular weight excluding hydrogens is 152 g/mol. The summed E-state index contributed by atoms with van der Waals surface area (Å²) in [6, 6.07) is 0. The number of hydrogen-bond donors (Lipinski definition) is 1. The normalized spacial score (nSPS) is 14.8. The lowest BCUT2D eigenvalue weighted by atomic mass is 10.2. The Morgan fingerprint density at radius 3 is 3.25 bits per heavy atom. The second-order valence-corrected chi connectivity index (χ2v) is 3.21. The van der Waals surface area contributed by atoms with Crippen molar-refractivity contribution in [2.75, 3.05) is 11.9 Å². The van der Waals surface area contributed by atoms with Gasteiger partial charge in [-0.1, -0.05) is 12.1 Å². The summed E-state index contributed by atoms with van der Waals surface area (Å²) in [7, 11) is 0. The fourth-order valence-corrected chi connectivity index (χ4v) is 1.61. The van der Waals surface area contributed by atoms with Crippen LogP contribution in [0.2, 0.25) is 0 Å². The molecule has 0 atom stereocenters. The maximum atomic E-state index is 5.19. The number of fused-ring (bicyclic) bond motifs is 1. The largest absolute Gasteiger partial charge is 0.367 e. The van der Waals surface area contributed by atoms with E-state index in [2.05, 4.69) is 17.4 Å². The van der Waals surface area contributed by atoms with Gasteiger partial charge in [0.05, 0.1) is 0 Å². The van der Waals surface area contributed by atoms with Gasteiger partial charge in [0, 0.05) is 18.5 Å². The quantitative estimate of drug-likeness (QED) is 0.746. The van der Waals surface area contributed by atoms with E-state index in [1.54, 1.807) is 0 Å². The number of hydrogen-bond acceptors (Lipinski definition) is 3. The molecule has 1 aromatic heterocycles. The van der Waals surface area contributed by atoms with Crippen LogP contribution >= 0.6 is 0 Å². The first-order chi connectivity index (χ1) is 5.92. The van der Waals surface area contributed by atoms with Crippen LogP contribution in [-0.4, -0.2) is 11.7 Å². The van der Waals surface area contributed by atoms with Crippen molar-refractivity contribution < 1.29 is 4.52 Å². The number of nitrogens with zero attached hydrogens (tertiary/aromatic N) is 1. The molecule has 3 heteroatoms. The van der Waals surface area contributed by atoms with Gasteiger partial charge in [0.2, 0.25) is 0 Å². The van der Waals surface area contributed by atoms with Crippen LogP contribution in [0.25, 0.3) is 0 Å². The van der Waals surface area contributed by atoms with Crippen molar-refractivity contribution in [3.05, 3.63) is 11.3 Å². The van der Waals surface area contributed by atoms with E-state index in [0.717, 1.165) is 37.4 Å². The van der Waals surface area contributed by atoms with Gasteiger partial charge in [-0.15, -0.1) is 0 Å². The number of nitrogens with one attached hydrogen (secondary N) is 1. The highest BCUT2D eigenvalue weighted by molar-refractivity contribution is 5.46. The molecule has 66 valence electrons. The minimum absolute atomic E-state index is 0.976. The Labute approximate surface area is 72.1 Å². The Bertz CT molecular complexity index is 267. The van der Waals surface area contributed by atoms with E-state index in [9.17, 15) is 0 Å². The maximum absolute atomic E-state index is 5.19. The van der Waals surface area contributed by atoms with Crippen molar-refractivity contribution in [1.82, 2.24) is 5.16 Å². The van der Waals surface area contributed by atoms with Crippen LogP contribution in [0.5, 0.6) is 0 Å². The van der Waals surface area contributed by atoms with Gasteiger partial charge in [-0.2, -0.15) is 0 Å². The minimum atomic E-state index is 0.976. The van der Waals surface area contributed by atoms with Gasteiger partial charge >= 0.3 is 0 Å². The fraction of sp³-hybridized carbons (Fsp3) is 0.667. The zero-order chi connectivity index (χ0) is 8.39. The number of aromatic nitrogens is 1. The summed E-state index contributed by atoms with van der Waals surface area (Å²) in [6.07, 6.45) is 4.54. The van der Waals surface area contributed by atoms with Crippen molar-refractivity contribution >= 4 is 5.82 Å². The molecule has 0 spiro atoms. The lowest BCUT2D eigenvalue weighted by Gasteiger charge is -1.99. The van der Waals surface area contributed by atoms with Crippen LogP contribution < -0.4 is 5.32 Å². The molecule has 1 N–H and O–H groups in total. The summed E-state index contributed by atoms with van der Waals surface area (Å²) < 4.78 is 5.19. The lowest BCUT2D eigenvalue weighted by molar-refractivity contribution is 0.388. The van der Waals surface area contributed by atoms with E-state index in [-0.39, 0.29) is 0 Å². The summed E-state index contributed by atoms with van der Waals surface area (Å²) in [6.45, 7) is 3.13. The van der Waals surface area contributed by atoms with Crippen molar-refractivity contribution in [2.45, 2.75) is 32.6 Å². The van der Waals surface area contributed by atoms with Crippen molar-refractivity contribution in [3.8, 4) is 0 Å². The Balaban J connectivity index is 2.11. The topological polar surface area (TPSA) is 38.1 Å². The molecule has 0 radical (unpaired) electrons. The molecule has 0 saturated heterocycles. The highest BCUT2D eigenvalue weighted by Gasteiger charge is 2.20. The molecule has 2 rings (SSSR count). The van der Waals surface area contributed by atoms with Crippen LogP contribution in [0.1, 0.15) is 31.1 Å². The van der Waals surface area contributed by atoms with Crippen LogP contribution in [0.3, 0.4) is 0 Å². The minimum Gasteiger partial charge on any atom is -0.367 e. The van der Waals surface area contributed by atoms with Crippen molar-refractivity contribution in [1.29, 1.82) is 0 Å². The first-order valence-electron chi connectivity index (χ1n) is 4.63. The third-order valence-electron chi connectivity index (χ3n) is 2.24. The number of aryl methyl sites for hydroxylation is 1. The predicted octanol–water partition coefficient (Wildman–Crippen LogP) is 1.99. The molecule has 12 heavy (non-hydrogen) atoms. The highest BCUT2D eigenvalue weighted by Crippen LogP contribution is 2.27. The Kier molecular flexibility index (Phi) is 2.02. The number of anilines is 1. The molecule has 0 unspecified atom stereocenters. The molecule has 0 saturated carbocycles. The molecular formula is C9H14N2O.